The molecule has 2 atom stereocenters. The average Bonchev–Trinajstić information content (AvgIpc) is 3.10. The van der Waals surface area contributed by atoms with Crippen molar-refractivity contribution in [1.29, 1.82) is 0 Å². The summed E-state index contributed by atoms with van der Waals surface area (Å²) in [7, 11) is 4.22. The zero-order valence-electron chi connectivity index (χ0n) is 12.3. The monoisotopic (exact) mass is 262 g/mol. The largest absolute Gasteiger partial charge is 0.305 e. The summed E-state index contributed by atoms with van der Waals surface area (Å²) < 4.78 is 1.89. The minimum absolute atomic E-state index is 0.914. The standard InChI is InChI=1S/C15H26N4/c1-17(6-5-14-10-16-18(2)11-14)7-8-19-12-13-3-4-15(19)9-13/h10-11,13,15H,3-9,12H2,1-2H3/t13-,15+/m0/s1. The number of fused-ring (bicyclic) bond motifs is 2. The van der Waals surface area contributed by atoms with Gasteiger partial charge < -0.3 is 4.90 Å². The molecule has 4 heteroatoms. The highest BCUT2D eigenvalue weighted by Crippen LogP contribution is 2.36. The third-order valence-corrected chi connectivity index (χ3v) is 4.83. The van der Waals surface area contributed by atoms with Crippen molar-refractivity contribution >= 4 is 0 Å². The molecule has 2 heterocycles. The van der Waals surface area contributed by atoms with Gasteiger partial charge in [-0.1, -0.05) is 0 Å². The van der Waals surface area contributed by atoms with Gasteiger partial charge in [-0.3, -0.25) is 9.58 Å². The zero-order valence-corrected chi connectivity index (χ0v) is 12.3. The van der Waals surface area contributed by atoms with Gasteiger partial charge in [-0.2, -0.15) is 5.10 Å². The van der Waals surface area contributed by atoms with Gasteiger partial charge in [0.2, 0.25) is 0 Å². The second-order valence-corrected chi connectivity index (χ2v) is 6.40. The maximum atomic E-state index is 4.22. The van der Waals surface area contributed by atoms with E-state index in [0.717, 1.165) is 24.9 Å². The Morgan fingerprint density at radius 2 is 2.26 bits per heavy atom. The molecule has 1 saturated heterocycles. The summed E-state index contributed by atoms with van der Waals surface area (Å²) in [6.45, 7) is 4.95. The van der Waals surface area contributed by atoms with Crippen LogP contribution in [0.5, 0.6) is 0 Å². The second-order valence-electron chi connectivity index (χ2n) is 6.40. The molecule has 0 unspecified atom stereocenters. The molecule has 1 aliphatic heterocycles. The van der Waals surface area contributed by atoms with Crippen molar-refractivity contribution in [3.63, 3.8) is 0 Å². The number of nitrogens with zero attached hydrogens (tertiary/aromatic N) is 4. The number of piperidine rings is 1. The van der Waals surface area contributed by atoms with Crippen LogP contribution in [0.3, 0.4) is 0 Å². The first-order valence-corrected chi connectivity index (χ1v) is 7.61. The van der Waals surface area contributed by atoms with Gasteiger partial charge in [-0.15, -0.1) is 0 Å². The summed E-state index contributed by atoms with van der Waals surface area (Å²) >= 11 is 0. The summed E-state index contributed by atoms with van der Waals surface area (Å²) in [6, 6.07) is 0.914. The van der Waals surface area contributed by atoms with E-state index < -0.39 is 0 Å². The molecule has 4 nitrogen and oxygen atoms in total. The summed E-state index contributed by atoms with van der Waals surface area (Å²) in [6.07, 6.45) is 9.61. The molecule has 2 aliphatic rings. The number of likely N-dealkylation sites (N-methyl/N-ethyl adjacent to an activating group) is 1. The minimum Gasteiger partial charge on any atom is -0.305 e. The summed E-state index contributed by atoms with van der Waals surface area (Å²) in [5.74, 6) is 1.02. The zero-order chi connectivity index (χ0) is 13.2. The van der Waals surface area contributed by atoms with Crippen LogP contribution >= 0.6 is 0 Å². The predicted molar refractivity (Wildman–Crippen MR) is 77.1 cm³/mol. The van der Waals surface area contributed by atoms with Gasteiger partial charge >= 0.3 is 0 Å². The maximum Gasteiger partial charge on any atom is 0.0522 e. The molecule has 1 aliphatic carbocycles. The molecular weight excluding hydrogens is 236 g/mol. The van der Waals surface area contributed by atoms with Crippen molar-refractivity contribution in [2.75, 3.05) is 33.2 Å². The molecule has 1 saturated carbocycles. The molecule has 0 amide bonds. The topological polar surface area (TPSA) is 24.3 Å². The maximum absolute atomic E-state index is 4.22. The fraction of sp³-hybridized carbons (Fsp3) is 0.800. The molecule has 1 aromatic heterocycles. The molecule has 0 aromatic carbocycles. The Kier molecular flexibility index (Phi) is 3.89. The van der Waals surface area contributed by atoms with Gasteiger partial charge in [-0.25, -0.2) is 0 Å². The predicted octanol–water partition coefficient (Wildman–Crippen LogP) is 1.38. The Hall–Kier alpha value is -0.870. The van der Waals surface area contributed by atoms with E-state index in [1.807, 2.05) is 17.9 Å². The van der Waals surface area contributed by atoms with E-state index in [1.165, 1.54) is 44.5 Å². The Labute approximate surface area is 116 Å². The smallest absolute Gasteiger partial charge is 0.0522 e. The quantitative estimate of drug-likeness (QED) is 0.774. The van der Waals surface area contributed by atoms with Crippen LogP contribution in [0.25, 0.3) is 0 Å². The van der Waals surface area contributed by atoms with Crippen molar-refractivity contribution < 1.29 is 0 Å². The molecule has 0 spiro atoms. The van der Waals surface area contributed by atoms with E-state index in [2.05, 4.69) is 28.1 Å². The van der Waals surface area contributed by atoms with E-state index in [1.54, 1.807) is 0 Å². The van der Waals surface area contributed by atoms with Crippen LogP contribution in [0.4, 0.5) is 0 Å². The highest BCUT2D eigenvalue weighted by molar-refractivity contribution is 5.03. The number of rotatable bonds is 6. The van der Waals surface area contributed by atoms with Crippen molar-refractivity contribution in [2.24, 2.45) is 13.0 Å². The Morgan fingerprint density at radius 3 is 2.89 bits per heavy atom. The van der Waals surface area contributed by atoms with E-state index >= 15 is 0 Å². The molecule has 2 bridgehead atoms. The van der Waals surface area contributed by atoms with E-state index in [0.29, 0.717) is 0 Å². The van der Waals surface area contributed by atoms with Gasteiger partial charge in [0.25, 0.3) is 0 Å². The van der Waals surface area contributed by atoms with Crippen LogP contribution in [0.1, 0.15) is 24.8 Å². The summed E-state index contributed by atoms with van der Waals surface area (Å²) in [5.41, 5.74) is 1.34. The molecule has 3 rings (SSSR count). The fourth-order valence-electron chi connectivity index (χ4n) is 3.63. The molecule has 1 aromatic rings. The van der Waals surface area contributed by atoms with Crippen LogP contribution in [0.15, 0.2) is 12.4 Å². The van der Waals surface area contributed by atoms with Crippen LogP contribution in [0, 0.1) is 5.92 Å². The first kappa shape index (κ1) is 13.1. The SMILES string of the molecule is CN(CCc1cnn(C)c1)CCN1C[C@H]2CC[C@@H]1C2. The lowest BCUT2D eigenvalue weighted by molar-refractivity contribution is 0.185. The Morgan fingerprint density at radius 1 is 1.37 bits per heavy atom. The third-order valence-electron chi connectivity index (χ3n) is 4.83. The van der Waals surface area contributed by atoms with Gasteiger partial charge in [0.15, 0.2) is 0 Å². The average molecular weight is 262 g/mol. The summed E-state index contributed by atoms with van der Waals surface area (Å²) in [4.78, 5) is 5.17. The lowest BCUT2D eigenvalue weighted by Crippen LogP contribution is -2.38. The number of hydrogen-bond donors (Lipinski definition) is 0. The first-order chi connectivity index (χ1) is 9.20. The van der Waals surface area contributed by atoms with Crippen molar-refractivity contribution in [3.05, 3.63) is 18.0 Å². The molecule has 2 fully saturated rings. The fourth-order valence-corrected chi connectivity index (χ4v) is 3.63. The molecular formula is C15H26N4. The normalized spacial score (nSPS) is 26.7. The highest BCUT2D eigenvalue weighted by Gasteiger charge is 2.37. The second kappa shape index (κ2) is 5.63. The van der Waals surface area contributed by atoms with Crippen LogP contribution in [0.2, 0.25) is 0 Å². The van der Waals surface area contributed by atoms with Crippen molar-refractivity contribution in [1.82, 2.24) is 19.6 Å². The molecule has 106 valence electrons. The van der Waals surface area contributed by atoms with E-state index in [9.17, 15) is 0 Å². The minimum atomic E-state index is 0.914. The van der Waals surface area contributed by atoms with Gasteiger partial charge in [-0.05, 0) is 44.2 Å². The summed E-state index contributed by atoms with van der Waals surface area (Å²) in [5, 5.41) is 4.22. The van der Waals surface area contributed by atoms with Gasteiger partial charge in [0.05, 0.1) is 6.20 Å². The van der Waals surface area contributed by atoms with E-state index in [4.69, 9.17) is 0 Å². The van der Waals surface area contributed by atoms with Crippen LogP contribution < -0.4 is 0 Å². The number of aryl methyl sites for hydroxylation is 1. The van der Waals surface area contributed by atoms with Crippen molar-refractivity contribution in [2.45, 2.75) is 31.7 Å². The molecule has 0 radical (unpaired) electrons. The van der Waals surface area contributed by atoms with Gasteiger partial charge in [0.1, 0.15) is 0 Å². The first-order valence-electron chi connectivity index (χ1n) is 7.61. The van der Waals surface area contributed by atoms with Crippen LogP contribution in [-0.4, -0.2) is 58.8 Å². The lowest BCUT2D eigenvalue weighted by Gasteiger charge is -2.28. The lowest BCUT2D eigenvalue weighted by atomic mass is 10.1. The number of aromatic nitrogens is 2. The highest BCUT2D eigenvalue weighted by atomic mass is 15.2. The molecule has 0 N–H and O–H groups in total. The van der Waals surface area contributed by atoms with E-state index in [-0.39, 0.29) is 0 Å². The molecule has 19 heavy (non-hydrogen) atoms. The van der Waals surface area contributed by atoms with Crippen molar-refractivity contribution in [3.8, 4) is 0 Å². The Bertz CT molecular complexity index is 414. The number of hydrogen-bond acceptors (Lipinski definition) is 3. The third kappa shape index (κ3) is 3.18. The number of likely N-dealkylation sites (tertiary alicyclic amines) is 1. The Balaban J connectivity index is 1.36. The van der Waals surface area contributed by atoms with Crippen LogP contribution in [-0.2, 0) is 13.5 Å². The van der Waals surface area contributed by atoms with Gasteiger partial charge in [0, 0.05) is 45.5 Å².